The van der Waals surface area contributed by atoms with E-state index in [0.717, 1.165) is 11.8 Å². The molecule has 0 radical (unpaired) electrons. The molecular formula is C12H14FN5O. The first kappa shape index (κ1) is 13.0. The Balaban J connectivity index is 2.09. The van der Waals surface area contributed by atoms with Crippen molar-refractivity contribution in [2.75, 3.05) is 24.8 Å². The third-order valence-corrected chi connectivity index (χ3v) is 2.44. The number of aromatic nitrogens is 3. The first-order valence-electron chi connectivity index (χ1n) is 5.66. The summed E-state index contributed by atoms with van der Waals surface area (Å²) in [6.45, 7) is 0.413. The highest BCUT2D eigenvalue weighted by atomic mass is 19.1. The maximum absolute atomic E-state index is 13.5. The van der Waals surface area contributed by atoms with Gasteiger partial charge in [-0.1, -0.05) is 0 Å². The lowest BCUT2D eigenvalue weighted by Gasteiger charge is -2.08. The van der Waals surface area contributed by atoms with Gasteiger partial charge in [0.15, 0.2) is 11.6 Å². The predicted octanol–water partition coefficient (Wildman–Crippen LogP) is 1.67. The van der Waals surface area contributed by atoms with E-state index >= 15 is 0 Å². The Morgan fingerprint density at radius 3 is 2.95 bits per heavy atom. The molecule has 100 valence electrons. The molecule has 19 heavy (non-hydrogen) atoms. The van der Waals surface area contributed by atoms with Gasteiger partial charge < -0.3 is 15.4 Å². The predicted molar refractivity (Wildman–Crippen MR) is 69.7 cm³/mol. The quantitative estimate of drug-likeness (QED) is 0.855. The molecule has 2 aromatic heterocycles. The average molecular weight is 263 g/mol. The van der Waals surface area contributed by atoms with Crippen LogP contribution in [0.5, 0.6) is 5.88 Å². The number of anilines is 2. The molecule has 0 bridgehead atoms. The zero-order valence-electron chi connectivity index (χ0n) is 10.6. The average Bonchev–Trinajstić information content (AvgIpc) is 2.46. The summed E-state index contributed by atoms with van der Waals surface area (Å²) in [5.74, 6) is 0.518. The number of nitrogens with one attached hydrogen (secondary N) is 2. The van der Waals surface area contributed by atoms with Crippen molar-refractivity contribution in [2.24, 2.45) is 0 Å². The zero-order valence-corrected chi connectivity index (χ0v) is 10.6. The number of pyridine rings is 1. The summed E-state index contributed by atoms with van der Waals surface area (Å²) in [6.07, 6.45) is 2.75. The Morgan fingerprint density at radius 1 is 1.37 bits per heavy atom. The number of hydrogen-bond donors (Lipinski definition) is 2. The molecule has 2 N–H and O–H groups in total. The monoisotopic (exact) mass is 263 g/mol. The largest absolute Gasteiger partial charge is 0.481 e. The molecular weight excluding hydrogens is 249 g/mol. The van der Waals surface area contributed by atoms with E-state index in [9.17, 15) is 4.39 Å². The number of hydrogen-bond acceptors (Lipinski definition) is 6. The third kappa shape index (κ3) is 3.27. The summed E-state index contributed by atoms with van der Waals surface area (Å²) in [5.41, 5.74) is 0.913. The standard InChI is InChI=1S/C12H14FN5O/c1-14-12-17-7-9(13)11(18-12)16-6-8-3-4-15-10(5-8)19-2/h3-5,7H,6H2,1-2H3,(H2,14,16,17,18). The summed E-state index contributed by atoms with van der Waals surface area (Å²) in [5, 5.41) is 5.66. The molecule has 0 saturated heterocycles. The van der Waals surface area contributed by atoms with Gasteiger partial charge in [-0.25, -0.2) is 14.4 Å². The number of methoxy groups -OCH3 is 1. The van der Waals surface area contributed by atoms with Gasteiger partial charge in [-0.3, -0.25) is 0 Å². The van der Waals surface area contributed by atoms with Crippen molar-refractivity contribution in [2.45, 2.75) is 6.54 Å². The van der Waals surface area contributed by atoms with Crippen molar-refractivity contribution >= 4 is 11.8 Å². The number of ether oxygens (including phenoxy) is 1. The van der Waals surface area contributed by atoms with Crippen molar-refractivity contribution < 1.29 is 9.13 Å². The lowest BCUT2D eigenvalue weighted by molar-refractivity contribution is 0.397. The van der Waals surface area contributed by atoms with Crippen molar-refractivity contribution in [3.8, 4) is 5.88 Å². The van der Waals surface area contributed by atoms with Gasteiger partial charge in [-0.15, -0.1) is 0 Å². The molecule has 6 nitrogen and oxygen atoms in total. The summed E-state index contributed by atoms with van der Waals surface area (Å²) in [6, 6.07) is 3.58. The SMILES string of the molecule is CNc1ncc(F)c(NCc2ccnc(OC)c2)n1. The molecule has 2 heterocycles. The van der Waals surface area contributed by atoms with E-state index in [-0.39, 0.29) is 5.82 Å². The van der Waals surface area contributed by atoms with Crippen LogP contribution in [0.2, 0.25) is 0 Å². The number of nitrogens with zero attached hydrogens (tertiary/aromatic N) is 3. The summed E-state index contributed by atoms with van der Waals surface area (Å²) >= 11 is 0. The fourth-order valence-corrected chi connectivity index (χ4v) is 1.47. The minimum absolute atomic E-state index is 0.148. The van der Waals surface area contributed by atoms with E-state index < -0.39 is 5.82 Å². The normalized spacial score (nSPS) is 10.1. The molecule has 0 saturated carbocycles. The van der Waals surface area contributed by atoms with Gasteiger partial charge in [-0.05, 0) is 11.6 Å². The Kier molecular flexibility index (Phi) is 4.07. The van der Waals surface area contributed by atoms with Crippen LogP contribution in [0.1, 0.15) is 5.56 Å². The van der Waals surface area contributed by atoms with Crippen molar-refractivity contribution in [1.82, 2.24) is 15.0 Å². The lowest BCUT2D eigenvalue weighted by Crippen LogP contribution is -2.07. The van der Waals surface area contributed by atoms with E-state index in [0.29, 0.717) is 18.4 Å². The fraction of sp³-hybridized carbons (Fsp3) is 0.250. The highest BCUT2D eigenvalue weighted by molar-refractivity contribution is 5.41. The highest BCUT2D eigenvalue weighted by Crippen LogP contribution is 2.14. The van der Waals surface area contributed by atoms with Crippen LogP contribution in [0.25, 0.3) is 0 Å². The first-order chi connectivity index (χ1) is 9.22. The fourth-order valence-electron chi connectivity index (χ4n) is 1.47. The van der Waals surface area contributed by atoms with Gasteiger partial charge in [0.2, 0.25) is 11.8 Å². The molecule has 0 spiro atoms. The van der Waals surface area contributed by atoms with Crippen LogP contribution in [0, 0.1) is 5.82 Å². The minimum Gasteiger partial charge on any atom is -0.481 e. The van der Waals surface area contributed by atoms with Crippen molar-refractivity contribution in [1.29, 1.82) is 0 Å². The van der Waals surface area contributed by atoms with Crippen LogP contribution in [0.4, 0.5) is 16.2 Å². The molecule has 0 amide bonds. The molecule has 7 heteroatoms. The molecule has 0 aromatic carbocycles. The summed E-state index contributed by atoms with van der Waals surface area (Å²) in [7, 11) is 3.22. The Labute approximate surface area is 110 Å². The van der Waals surface area contributed by atoms with Gasteiger partial charge >= 0.3 is 0 Å². The van der Waals surface area contributed by atoms with E-state index in [1.165, 1.54) is 0 Å². The van der Waals surface area contributed by atoms with Gasteiger partial charge in [0.25, 0.3) is 0 Å². The Hall–Kier alpha value is -2.44. The van der Waals surface area contributed by atoms with Crippen LogP contribution >= 0.6 is 0 Å². The molecule has 0 aliphatic heterocycles. The smallest absolute Gasteiger partial charge is 0.224 e. The van der Waals surface area contributed by atoms with Crippen LogP contribution in [-0.4, -0.2) is 29.1 Å². The van der Waals surface area contributed by atoms with Crippen molar-refractivity contribution in [3.63, 3.8) is 0 Å². The van der Waals surface area contributed by atoms with E-state index in [1.807, 2.05) is 6.07 Å². The lowest BCUT2D eigenvalue weighted by atomic mass is 10.2. The second-order valence-corrected chi connectivity index (χ2v) is 3.70. The number of rotatable bonds is 5. The molecule has 2 rings (SSSR count). The van der Waals surface area contributed by atoms with Gasteiger partial charge in [0.05, 0.1) is 13.3 Å². The number of halogens is 1. The molecule has 2 aromatic rings. The topological polar surface area (TPSA) is 72.0 Å². The van der Waals surface area contributed by atoms with Gasteiger partial charge in [0, 0.05) is 25.9 Å². The van der Waals surface area contributed by atoms with E-state index in [4.69, 9.17) is 4.74 Å². The van der Waals surface area contributed by atoms with E-state index in [2.05, 4.69) is 25.6 Å². The third-order valence-electron chi connectivity index (χ3n) is 2.44. The van der Waals surface area contributed by atoms with Crippen molar-refractivity contribution in [3.05, 3.63) is 35.9 Å². The highest BCUT2D eigenvalue weighted by Gasteiger charge is 2.06. The van der Waals surface area contributed by atoms with Crippen LogP contribution in [0.3, 0.4) is 0 Å². The van der Waals surface area contributed by atoms with Crippen LogP contribution < -0.4 is 15.4 Å². The van der Waals surface area contributed by atoms with Gasteiger partial charge in [0.1, 0.15) is 0 Å². The first-order valence-corrected chi connectivity index (χ1v) is 5.66. The molecule has 0 fully saturated rings. The maximum atomic E-state index is 13.5. The Bertz CT molecular complexity index is 564. The Morgan fingerprint density at radius 2 is 2.21 bits per heavy atom. The molecule has 0 aliphatic carbocycles. The molecule has 0 atom stereocenters. The minimum atomic E-state index is -0.500. The molecule has 0 aliphatic rings. The maximum Gasteiger partial charge on any atom is 0.224 e. The molecule has 0 unspecified atom stereocenters. The second-order valence-electron chi connectivity index (χ2n) is 3.70. The van der Waals surface area contributed by atoms with Crippen LogP contribution in [0.15, 0.2) is 24.5 Å². The van der Waals surface area contributed by atoms with E-state index in [1.54, 1.807) is 26.4 Å². The van der Waals surface area contributed by atoms with Gasteiger partial charge in [-0.2, -0.15) is 4.98 Å². The second kappa shape index (κ2) is 5.94. The summed E-state index contributed by atoms with van der Waals surface area (Å²) < 4.78 is 18.5. The summed E-state index contributed by atoms with van der Waals surface area (Å²) in [4.78, 5) is 11.8. The zero-order chi connectivity index (χ0) is 13.7. The van der Waals surface area contributed by atoms with Crippen LogP contribution in [-0.2, 0) is 6.54 Å².